The molecule has 0 radical (unpaired) electrons. The van der Waals surface area contributed by atoms with E-state index in [1.54, 1.807) is 12.4 Å². The predicted molar refractivity (Wildman–Crippen MR) is 79.4 cm³/mol. The number of nitrogens with one attached hydrogen (secondary N) is 1. The first-order valence-electron chi connectivity index (χ1n) is 7.56. The minimum Gasteiger partial charge on any atom is -0.382 e. The Morgan fingerprint density at radius 3 is 3.05 bits per heavy atom. The highest BCUT2D eigenvalue weighted by Gasteiger charge is 2.41. The van der Waals surface area contributed by atoms with E-state index in [9.17, 15) is 0 Å². The van der Waals surface area contributed by atoms with Gasteiger partial charge in [-0.1, -0.05) is 6.42 Å². The van der Waals surface area contributed by atoms with Gasteiger partial charge in [0, 0.05) is 18.4 Å². The highest BCUT2D eigenvalue weighted by Crippen LogP contribution is 2.49. The number of rotatable bonds is 3. The maximum absolute atomic E-state index is 5.87. The normalized spacial score (nSPS) is 29.9. The second-order valence-electron chi connectivity index (χ2n) is 6.44. The molecule has 2 aliphatic rings. The molecule has 5 nitrogen and oxygen atoms in total. The molecule has 2 aromatic heterocycles. The molecule has 4 unspecified atom stereocenters. The van der Waals surface area contributed by atoms with E-state index in [1.165, 1.54) is 25.7 Å². The predicted octanol–water partition coefficient (Wildman–Crippen LogP) is 2.55. The van der Waals surface area contributed by atoms with E-state index in [1.807, 2.05) is 10.6 Å². The Hall–Kier alpha value is -1.78. The molecule has 0 aromatic carbocycles. The van der Waals surface area contributed by atoms with Crippen molar-refractivity contribution in [1.82, 2.24) is 14.4 Å². The summed E-state index contributed by atoms with van der Waals surface area (Å²) in [5.74, 6) is 3.98. The van der Waals surface area contributed by atoms with Gasteiger partial charge in [0.1, 0.15) is 5.82 Å². The fraction of sp³-hybridized carbons (Fsp3) is 0.600. The Kier molecular flexibility index (Phi) is 2.62. The Morgan fingerprint density at radius 2 is 2.30 bits per heavy atom. The van der Waals surface area contributed by atoms with Crippen molar-refractivity contribution in [2.45, 2.75) is 38.6 Å². The molecular formula is C15H21N5. The van der Waals surface area contributed by atoms with Crippen LogP contribution in [0.25, 0.3) is 5.65 Å². The monoisotopic (exact) mass is 271 g/mol. The van der Waals surface area contributed by atoms with Gasteiger partial charge in [0.2, 0.25) is 0 Å². The molecule has 0 amide bonds. The van der Waals surface area contributed by atoms with Crippen LogP contribution in [0.5, 0.6) is 0 Å². The van der Waals surface area contributed by atoms with E-state index in [0.717, 1.165) is 29.2 Å². The summed E-state index contributed by atoms with van der Waals surface area (Å²) < 4.78 is 1.93. The number of nitrogens with two attached hydrogens (primary N) is 1. The minimum absolute atomic E-state index is 0.431. The van der Waals surface area contributed by atoms with Crippen molar-refractivity contribution in [3.05, 3.63) is 18.6 Å². The lowest BCUT2D eigenvalue weighted by atomic mass is 9.84. The number of hydrogen-bond acceptors (Lipinski definition) is 4. The molecule has 2 heterocycles. The standard InChI is InChI=1S/C15H21N5/c1-9(12-7-10-2-3-11(12)6-10)18-14-15-17-4-5-20(15)8-13(16)19-14/h4-5,8-12H,2-3,6-7,16H2,1H3,(H,18,19). The lowest BCUT2D eigenvalue weighted by molar-refractivity contribution is 0.304. The molecule has 4 rings (SSSR count). The molecule has 2 aliphatic carbocycles. The zero-order valence-corrected chi connectivity index (χ0v) is 11.8. The molecule has 5 heteroatoms. The van der Waals surface area contributed by atoms with Crippen LogP contribution in [0.4, 0.5) is 11.6 Å². The first kappa shape index (κ1) is 12.0. The number of imidazole rings is 1. The quantitative estimate of drug-likeness (QED) is 0.900. The number of hydrogen-bond donors (Lipinski definition) is 2. The summed E-state index contributed by atoms with van der Waals surface area (Å²) in [7, 11) is 0. The van der Waals surface area contributed by atoms with Crippen molar-refractivity contribution in [2.75, 3.05) is 11.1 Å². The third kappa shape index (κ3) is 1.84. The summed E-state index contributed by atoms with van der Waals surface area (Å²) >= 11 is 0. The van der Waals surface area contributed by atoms with Crippen molar-refractivity contribution in [1.29, 1.82) is 0 Å². The summed E-state index contributed by atoms with van der Waals surface area (Å²) in [6.45, 7) is 2.27. The SMILES string of the molecule is CC(Nc1nc(N)cn2ccnc12)C1CC2CCC1C2. The molecule has 3 N–H and O–H groups in total. The van der Waals surface area contributed by atoms with E-state index in [0.29, 0.717) is 11.9 Å². The summed E-state index contributed by atoms with van der Waals surface area (Å²) in [4.78, 5) is 8.80. The van der Waals surface area contributed by atoms with Crippen molar-refractivity contribution in [3.8, 4) is 0 Å². The Morgan fingerprint density at radius 1 is 1.40 bits per heavy atom. The first-order valence-corrected chi connectivity index (χ1v) is 7.56. The van der Waals surface area contributed by atoms with E-state index < -0.39 is 0 Å². The van der Waals surface area contributed by atoms with Crippen molar-refractivity contribution in [2.24, 2.45) is 17.8 Å². The van der Waals surface area contributed by atoms with Crippen LogP contribution in [0.1, 0.15) is 32.6 Å². The van der Waals surface area contributed by atoms with E-state index in [2.05, 4.69) is 22.2 Å². The lowest BCUT2D eigenvalue weighted by Gasteiger charge is -2.29. The van der Waals surface area contributed by atoms with Crippen LogP contribution < -0.4 is 11.1 Å². The van der Waals surface area contributed by atoms with Crippen molar-refractivity contribution in [3.63, 3.8) is 0 Å². The van der Waals surface area contributed by atoms with Crippen LogP contribution in [0.15, 0.2) is 18.6 Å². The Bertz CT molecular complexity index is 634. The number of aromatic nitrogens is 3. The van der Waals surface area contributed by atoms with Crippen LogP contribution in [0.2, 0.25) is 0 Å². The summed E-state index contributed by atoms with van der Waals surface area (Å²) in [5.41, 5.74) is 6.73. The molecule has 0 spiro atoms. The Balaban J connectivity index is 1.59. The van der Waals surface area contributed by atoms with Gasteiger partial charge in [-0.25, -0.2) is 9.97 Å². The van der Waals surface area contributed by atoms with Crippen molar-refractivity contribution >= 4 is 17.3 Å². The topological polar surface area (TPSA) is 68.2 Å². The van der Waals surface area contributed by atoms with Crippen LogP contribution in [-0.4, -0.2) is 20.4 Å². The smallest absolute Gasteiger partial charge is 0.180 e. The molecule has 2 fully saturated rings. The molecular weight excluding hydrogens is 250 g/mol. The van der Waals surface area contributed by atoms with Crippen LogP contribution in [-0.2, 0) is 0 Å². The highest BCUT2D eigenvalue weighted by molar-refractivity contribution is 5.65. The molecule has 106 valence electrons. The van der Waals surface area contributed by atoms with E-state index in [-0.39, 0.29) is 0 Å². The van der Waals surface area contributed by atoms with Gasteiger partial charge in [-0.15, -0.1) is 0 Å². The van der Waals surface area contributed by atoms with Gasteiger partial charge in [0.05, 0.1) is 6.20 Å². The second kappa shape index (κ2) is 4.36. The Labute approximate surface area is 118 Å². The third-order valence-corrected chi connectivity index (χ3v) is 5.19. The molecule has 0 saturated heterocycles. The highest BCUT2D eigenvalue weighted by atomic mass is 15.1. The molecule has 2 bridgehead atoms. The lowest BCUT2D eigenvalue weighted by Crippen LogP contribution is -2.30. The molecule has 0 aliphatic heterocycles. The van der Waals surface area contributed by atoms with Gasteiger partial charge in [0.15, 0.2) is 11.5 Å². The fourth-order valence-corrected chi connectivity index (χ4v) is 4.28. The van der Waals surface area contributed by atoms with Gasteiger partial charge in [-0.2, -0.15) is 0 Å². The van der Waals surface area contributed by atoms with Crippen molar-refractivity contribution < 1.29 is 0 Å². The van der Waals surface area contributed by atoms with Crippen LogP contribution in [0.3, 0.4) is 0 Å². The van der Waals surface area contributed by atoms with E-state index in [4.69, 9.17) is 5.73 Å². The van der Waals surface area contributed by atoms with E-state index >= 15 is 0 Å². The molecule has 2 aromatic rings. The maximum Gasteiger partial charge on any atom is 0.180 e. The largest absolute Gasteiger partial charge is 0.382 e. The number of nitrogen functional groups attached to an aromatic ring is 1. The molecule has 2 saturated carbocycles. The summed E-state index contributed by atoms with van der Waals surface area (Å²) in [5, 5.41) is 3.56. The number of nitrogens with zero attached hydrogens (tertiary/aromatic N) is 3. The van der Waals surface area contributed by atoms with Crippen LogP contribution >= 0.6 is 0 Å². The maximum atomic E-state index is 5.87. The molecule has 20 heavy (non-hydrogen) atoms. The average molecular weight is 271 g/mol. The number of fused-ring (bicyclic) bond motifs is 3. The second-order valence-corrected chi connectivity index (χ2v) is 6.44. The van der Waals surface area contributed by atoms with Gasteiger partial charge in [-0.05, 0) is 43.9 Å². The zero-order valence-electron chi connectivity index (χ0n) is 11.8. The van der Waals surface area contributed by atoms with Crippen LogP contribution in [0, 0.1) is 17.8 Å². The fourth-order valence-electron chi connectivity index (χ4n) is 4.28. The van der Waals surface area contributed by atoms with Gasteiger partial charge in [0.25, 0.3) is 0 Å². The molecule has 4 atom stereocenters. The summed E-state index contributed by atoms with van der Waals surface area (Å²) in [6.07, 6.45) is 11.1. The van der Waals surface area contributed by atoms with Gasteiger partial charge < -0.3 is 15.5 Å². The first-order chi connectivity index (χ1) is 9.70. The van der Waals surface area contributed by atoms with Gasteiger partial charge >= 0.3 is 0 Å². The van der Waals surface area contributed by atoms with Gasteiger partial charge in [-0.3, -0.25) is 0 Å². The summed E-state index contributed by atoms with van der Waals surface area (Å²) in [6, 6.07) is 0.431. The average Bonchev–Trinajstić information content (AvgIpc) is 3.13. The zero-order chi connectivity index (χ0) is 13.7. The third-order valence-electron chi connectivity index (χ3n) is 5.19. The minimum atomic E-state index is 0.431. The number of anilines is 2.